The average molecular weight is 336 g/mol. The summed E-state index contributed by atoms with van der Waals surface area (Å²) in [4.78, 5) is 24.8. The lowest BCUT2D eigenvalue weighted by Crippen LogP contribution is -2.37. The van der Waals surface area contributed by atoms with Crippen molar-refractivity contribution in [2.24, 2.45) is 0 Å². The smallest absolute Gasteiger partial charge is 0.251 e. The molecule has 126 valence electrons. The van der Waals surface area contributed by atoms with E-state index in [1.165, 1.54) is 30.0 Å². The number of benzene rings is 2. The minimum atomic E-state index is -1.06. The van der Waals surface area contributed by atoms with Crippen molar-refractivity contribution in [3.63, 3.8) is 0 Å². The predicted molar refractivity (Wildman–Crippen MR) is 83.1 cm³/mol. The third kappa shape index (κ3) is 4.34. The fourth-order valence-electron chi connectivity index (χ4n) is 2.11. The van der Waals surface area contributed by atoms with E-state index in [4.69, 9.17) is 0 Å². The zero-order valence-corrected chi connectivity index (χ0v) is 12.9. The molecule has 0 bridgehead atoms. The van der Waals surface area contributed by atoms with E-state index in [-0.39, 0.29) is 30.2 Å². The van der Waals surface area contributed by atoms with E-state index in [0.717, 1.165) is 24.3 Å². The molecule has 2 aromatic carbocycles. The molecule has 2 aromatic rings. The molecule has 4 nitrogen and oxygen atoms in total. The van der Waals surface area contributed by atoms with Crippen LogP contribution >= 0.6 is 0 Å². The normalized spacial score (nSPS) is 10.3. The summed E-state index contributed by atoms with van der Waals surface area (Å²) >= 11 is 0. The van der Waals surface area contributed by atoms with Crippen LogP contribution in [0.3, 0.4) is 0 Å². The lowest BCUT2D eigenvalue weighted by Gasteiger charge is -2.21. The summed E-state index contributed by atoms with van der Waals surface area (Å²) in [6.07, 6.45) is 0. The molecule has 0 fully saturated rings. The zero-order valence-electron chi connectivity index (χ0n) is 12.9. The number of nitrogens with one attached hydrogen (secondary N) is 1. The number of amides is 2. The van der Waals surface area contributed by atoms with Gasteiger partial charge in [0, 0.05) is 37.3 Å². The molecule has 0 saturated heterocycles. The molecule has 0 spiro atoms. The van der Waals surface area contributed by atoms with Crippen molar-refractivity contribution in [1.82, 2.24) is 5.32 Å². The number of carbonyl (C=O) groups excluding carboxylic acids is 2. The lowest BCUT2D eigenvalue weighted by atomic mass is 10.2. The molecule has 7 heteroatoms. The highest BCUT2D eigenvalue weighted by atomic mass is 19.2. The molecule has 2 rings (SSSR count). The van der Waals surface area contributed by atoms with Crippen LogP contribution < -0.4 is 10.2 Å². The van der Waals surface area contributed by atoms with Gasteiger partial charge in [-0.25, -0.2) is 13.2 Å². The van der Waals surface area contributed by atoms with Gasteiger partial charge in [-0.15, -0.1) is 0 Å². The topological polar surface area (TPSA) is 49.4 Å². The van der Waals surface area contributed by atoms with Crippen LogP contribution in [0.25, 0.3) is 0 Å². The molecule has 0 unspecified atom stereocenters. The maximum absolute atomic E-state index is 13.3. The maximum atomic E-state index is 13.3. The van der Waals surface area contributed by atoms with Crippen LogP contribution in [0, 0.1) is 17.5 Å². The molecule has 0 atom stereocenters. The second-order valence-corrected chi connectivity index (χ2v) is 5.03. The highest BCUT2D eigenvalue weighted by molar-refractivity contribution is 5.94. The second kappa shape index (κ2) is 7.63. The fourth-order valence-corrected chi connectivity index (χ4v) is 2.11. The first-order valence-electron chi connectivity index (χ1n) is 7.15. The van der Waals surface area contributed by atoms with Crippen LogP contribution in [0.2, 0.25) is 0 Å². The molecule has 0 aliphatic carbocycles. The van der Waals surface area contributed by atoms with Gasteiger partial charge in [0.15, 0.2) is 11.6 Å². The van der Waals surface area contributed by atoms with Crippen molar-refractivity contribution in [2.45, 2.75) is 6.92 Å². The summed E-state index contributed by atoms with van der Waals surface area (Å²) < 4.78 is 39.1. The molecule has 1 N–H and O–H groups in total. The Hall–Kier alpha value is -2.83. The van der Waals surface area contributed by atoms with Crippen molar-refractivity contribution in [3.8, 4) is 0 Å². The largest absolute Gasteiger partial charge is 0.350 e. The molecule has 24 heavy (non-hydrogen) atoms. The number of hydrogen-bond donors (Lipinski definition) is 1. The molecular weight excluding hydrogens is 321 g/mol. The minimum Gasteiger partial charge on any atom is -0.350 e. The van der Waals surface area contributed by atoms with E-state index >= 15 is 0 Å². The molecule has 0 aromatic heterocycles. The third-order valence-electron chi connectivity index (χ3n) is 3.32. The van der Waals surface area contributed by atoms with Crippen LogP contribution in [0.1, 0.15) is 17.3 Å². The first kappa shape index (κ1) is 17.5. The molecule has 2 amide bonds. The Bertz CT molecular complexity index is 748. The summed E-state index contributed by atoms with van der Waals surface area (Å²) in [6.45, 7) is 1.45. The summed E-state index contributed by atoms with van der Waals surface area (Å²) in [5, 5.41) is 2.58. The molecule has 0 aliphatic heterocycles. The Morgan fingerprint density at radius 1 is 1.00 bits per heavy atom. The van der Waals surface area contributed by atoms with Gasteiger partial charge in [0.05, 0.1) is 0 Å². The second-order valence-electron chi connectivity index (χ2n) is 5.03. The lowest BCUT2D eigenvalue weighted by molar-refractivity contribution is -0.116. The Morgan fingerprint density at radius 3 is 2.25 bits per heavy atom. The molecule has 0 aliphatic rings. The first-order chi connectivity index (χ1) is 11.4. The third-order valence-corrected chi connectivity index (χ3v) is 3.32. The summed E-state index contributed by atoms with van der Waals surface area (Å²) in [7, 11) is 0. The van der Waals surface area contributed by atoms with Crippen molar-refractivity contribution < 1.29 is 22.8 Å². The molecule has 0 heterocycles. The SMILES string of the molecule is CC(=O)N(CCNC(=O)c1ccc(F)cc1)c1ccc(F)c(F)c1. The standard InChI is InChI=1S/C17H15F3N2O2/c1-11(23)22(14-6-7-15(19)16(20)10-14)9-8-21-17(24)12-2-4-13(18)5-3-12/h2-7,10H,8-9H2,1H3,(H,21,24). The first-order valence-corrected chi connectivity index (χ1v) is 7.15. The van der Waals surface area contributed by atoms with Crippen molar-refractivity contribution in [2.75, 3.05) is 18.0 Å². The van der Waals surface area contributed by atoms with E-state index in [9.17, 15) is 22.8 Å². The molecular formula is C17H15F3N2O2. The number of nitrogens with zero attached hydrogens (tertiary/aromatic N) is 1. The number of rotatable bonds is 5. The molecule has 0 saturated carbocycles. The van der Waals surface area contributed by atoms with E-state index in [1.54, 1.807) is 0 Å². The zero-order chi connectivity index (χ0) is 17.7. The van der Waals surface area contributed by atoms with Gasteiger partial charge in [-0.2, -0.15) is 0 Å². The van der Waals surface area contributed by atoms with E-state index in [0.29, 0.717) is 0 Å². The Balaban J connectivity index is 1.99. The van der Waals surface area contributed by atoms with E-state index in [2.05, 4.69) is 5.32 Å². The highest BCUT2D eigenvalue weighted by Gasteiger charge is 2.14. The summed E-state index contributed by atoms with van der Waals surface area (Å²) in [5.41, 5.74) is 0.469. The van der Waals surface area contributed by atoms with E-state index < -0.39 is 23.4 Å². The average Bonchev–Trinajstić information content (AvgIpc) is 2.54. The Labute approximate surface area is 136 Å². The fraction of sp³-hybridized carbons (Fsp3) is 0.176. The van der Waals surface area contributed by atoms with Gasteiger partial charge in [0.2, 0.25) is 5.91 Å². The number of carbonyl (C=O) groups is 2. The van der Waals surface area contributed by atoms with Gasteiger partial charge >= 0.3 is 0 Å². The van der Waals surface area contributed by atoms with Gasteiger partial charge in [0.1, 0.15) is 5.82 Å². The minimum absolute atomic E-state index is 0.0767. The maximum Gasteiger partial charge on any atom is 0.251 e. The van der Waals surface area contributed by atoms with Gasteiger partial charge in [0.25, 0.3) is 5.91 Å². The predicted octanol–water partition coefficient (Wildman–Crippen LogP) is 2.89. The van der Waals surface area contributed by atoms with Gasteiger partial charge < -0.3 is 10.2 Å². The monoisotopic (exact) mass is 336 g/mol. The van der Waals surface area contributed by atoms with Crippen molar-refractivity contribution in [1.29, 1.82) is 0 Å². The van der Waals surface area contributed by atoms with Crippen LogP contribution in [0.15, 0.2) is 42.5 Å². The molecule has 0 radical (unpaired) electrons. The number of halogens is 3. The highest BCUT2D eigenvalue weighted by Crippen LogP contribution is 2.18. The van der Waals surface area contributed by atoms with Gasteiger partial charge in [-0.05, 0) is 36.4 Å². The van der Waals surface area contributed by atoms with E-state index in [1.807, 2.05) is 0 Å². The van der Waals surface area contributed by atoms with Gasteiger partial charge in [-0.3, -0.25) is 9.59 Å². The summed E-state index contributed by atoms with van der Waals surface area (Å²) in [6, 6.07) is 8.12. The number of hydrogen-bond acceptors (Lipinski definition) is 2. The van der Waals surface area contributed by atoms with Crippen LogP contribution in [-0.4, -0.2) is 24.9 Å². The van der Waals surface area contributed by atoms with Crippen molar-refractivity contribution in [3.05, 3.63) is 65.5 Å². The Kier molecular flexibility index (Phi) is 5.57. The number of anilines is 1. The van der Waals surface area contributed by atoms with Crippen LogP contribution in [0.4, 0.5) is 18.9 Å². The Morgan fingerprint density at radius 2 is 1.67 bits per heavy atom. The van der Waals surface area contributed by atoms with Crippen LogP contribution in [0.5, 0.6) is 0 Å². The summed E-state index contributed by atoms with van der Waals surface area (Å²) in [5.74, 6) is -3.32. The quantitative estimate of drug-likeness (QED) is 0.913. The van der Waals surface area contributed by atoms with Crippen LogP contribution in [-0.2, 0) is 4.79 Å². The van der Waals surface area contributed by atoms with Crippen molar-refractivity contribution >= 4 is 17.5 Å². The van der Waals surface area contributed by atoms with Gasteiger partial charge in [-0.1, -0.05) is 0 Å².